The Balaban J connectivity index is 3.90. The summed E-state index contributed by atoms with van der Waals surface area (Å²) in [5.41, 5.74) is -8.61. The Hall–Kier alpha value is -1.45. The molecule has 0 aromatic heterocycles. The summed E-state index contributed by atoms with van der Waals surface area (Å²) in [7, 11) is 0. The zero-order valence-electron chi connectivity index (χ0n) is 10.1. The molecule has 1 atom stereocenters. The zero-order valence-corrected chi connectivity index (χ0v) is 10.1. The van der Waals surface area contributed by atoms with E-state index in [9.17, 15) is 39.5 Å². The topological polar surface area (TPSA) is 20.2 Å². The van der Waals surface area contributed by atoms with Gasteiger partial charge >= 0.3 is 18.5 Å². The second kappa shape index (κ2) is 5.08. The molecule has 1 N–H and O–H groups in total. The normalized spacial score (nSPS) is 15.2. The summed E-state index contributed by atoms with van der Waals surface area (Å²) in [6.07, 6.45) is -19.0. The fourth-order valence-electron chi connectivity index (χ4n) is 1.84. The lowest BCUT2D eigenvalue weighted by molar-refractivity contribution is -0.165. The molecular formula is C11H7F9O. The van der Waals surface area contributed by atoms with Crippen LogP contribution in [0.4, 0.5) is 39.5 Å². The minimum atomic E-state index is -5.71. The third-order valence-corrected chi connectivity index (χ3v) is 2.56. The first-order valence-electron chi connectivity index (χ1n) is 5.24. The van der Waals surface area contributed by atoms with Crippen molar-refractivity contribution in [3.63, 3.8) is 0 Å². The van der Waals surface area contributed by atoms with Gasteiger partial charge in [0.25, 0.3) is 0 Å². The second-order valence-corrected chi connectivity index (χ2v) is 4.12. The molecule has 0 saturated carbocycles. The van der Waals surface area contributed by atoms with Crippen molar-refractivity contribution in [3.05, 3.63) is 34.4 Å². The molecule has 1 aromatic carbocycles. The highest BCUT2D eigenvalue weighted by molar-refractivity contribution is 5.46. The van der Waals surface area contributed by atoms with E-state index in [2.05, 4.69) is 0 Å². The van der Waals surface area contributed by atoms with Crippen LogP contribution in [-0.4, -0.2) is 5.11 Å². The summed E-state index contributed by atoms with van der Waals surface area (Å²) in [6, 6.07) is -0.419. The maximum Gasteiger partial charge on any atom is 0.417 e. The molecule has 10 heteroatoms. The minimum absolute atomic E-state index is 0.125. The molecule has 1 nitrogen and oxygen atoms in total. The third kappa shape index (κ3) is 3.60. The third-order valence-electron chi connectivity index (χ3n) is 2.56. The summed E-state index contributed by atoms with van der Waals surface area (Å²) in [5, 5.41) is 9.13. The van der Waals surface area contributed by atoms with E-state index >= 15 is 0 Å². The van der Waals surface area contributed by atoms with Crippen LogP contribution in [-0.2, 0) is 18.5 Å². The van der Waals surface area contributed by atoms with Gasteiger partial charge in [-0.3, -0.25) is 0 Å². The van der Waals surface area contributed by atoms with Crippen molar-refractivity contribution in [2.45, 2.75) is 31.6 Å². The van der Waals surface area contributed by atoms with Crippen LogP contribution in [0.25, 0.3) is 0 Å². The summed E-state index contributed by atoms with van der Waals surface area (Å²) in [5.74, 6) is 0. The monoisotopic (exact) mass is 326 g/mol. The molecule has 0 saturated heterocycles. The molecule has 0 aliphatic heterocycles. The molecule has 0 fully saturated rings. The summed E-state index contributed by atoms with van der Waals surface area (Å²) < 4.78 is 114. The maximum absolute atomic E-state index is 12.8. The first kappa shape index (κ1) is 17.6. The van der Waals surface area contributed by atoms with Crippen molar-refractivity contribution in [2.24, 2.45) is 0 Å². The van der Waals surface area contributed by atoms with Crippen molar-refractivity contribution < 1.29 is 44.6 Å². The molecule has 21 heavy (non-hydrogen) atoms. The van der Waals surface area contributed by atoms with Gasteiger partial charge in [-0.25, -0.2) is 0 Å². The molecule has 0 bridgehead atoms. The van der Waals surface area contributed by atoms with E-state index in [0.717, 1.165) is 0 Å². The lowest BCUT2D eigenvalue weighted by Gasteiger charge is -2.24. The predicted octanol–water partition coefficient (Wildman–Crippen LogP) is 4.80. The van der Waals surface area contributed by atoms with Crippen molar-refractivity contribution in [2.75, 3.05) is 0 Å². The second-order valence-electron chi connectivity index (χ2n) is 4.12. The van der Waals surface area contributed by atoms with E-state index in [1.54, 1.807) is 0 Å². The number of alkyl halides is 9. The highest BCUT2D eigenvalue weighted by Gasteiger charge is 2.48. The van der Waals surface area contributed by atoms with E-state index in [1.807, 2.05) is 0 Å². The van der Waals surface area contributed by atoms with Crippen molar-refractivity contribution >= 4 is 0 Å². The minimum Gasteiger partial charge on any atom is -0.389 e. The maximum atomic E-state index is 12.8. The zero-order chi connectivity index (χ0) is 16.8. The van der Waals surface area contributed by atoms with Crippen LogP contribution >= 0.6 is 0 Å². The van der Waals surface area contributed by atoms with Crippen LogP contribution in [0.1, 0.15) is 35.3 Å². The Morgan fingerprint density at radius 3 is 1.43 bits per heavy atom. The van der Waals surface area contributed by atoms with Crippen LogP contribution in [0.3, 0.4) is 0 Å². The molecule has 1 rings (SSSR count). The smallest absolute Gasteiger partial charge is 0.389 e. The summed E-state index contributed by atoms with van der Waals surface area (Å²) >= 11 is 0. The van der Waals surface area contributed by atoms with Crippen LogP contribution in [0, 0.1) is 0 Å². The standard InChI is InChI=1S/C11H7F9O/c1-4(21)7-5(9(12,13)14)2-3-6(10(15,16)17)8(7)11(18,19)20/h2-4,21H,1H3. The number of rotatable bonds is 1. The van der Waals surface area contributed by atoms with Crippen molar-refractivity contribution in [3.8, 4) is 0 Å². The van der Waals surface area contributed by atoms with Crippen LogP contribution in [0.5, 0.6) is 0 Å². The Bertz CT molecular complexity index is 522. The first-order valence-corrected chi connectivity index (χ1v) is 5.24. The van der Waals surface area contributed by atoms with Gasteiger partial charge in [0, 0.05) is 5.56 Å². The molecular weight excluding hydrogens is 319 g/mol. The Morgan fingerprint density at radius 1 is 0.762 bits per heavy atom. The van der Waals surface area contributed by atoms with Crippen molar-refractivity contribution in [1.29, 1.82) is 0 Å². The first-order chi connectivity index (χ1) is 9.17. The highest BCUT2D eigenvalue weighted by atomic mass is 19.4. The highest BCUT2D eigenvalue weighted by Crippen LogP contribution is 2.47. The van der Waals surface area contributed by atoms with E-state index in [-0.39, 0.29) is 12.1 Å². The number of aliphatic hydroxyl groups excluding tert-OH is 1. The van der Waals surface area contributed by atoms with Crippen LogP contribution in [0.2, 0.25) is 0 Å². The van der Waals surface area contributed by atoms with Gasteiger partial charge in [0.2, 0.25) is 0 Å². The van der Waals surface area contributed by atoms with Crippen LogP contribution < -0.4 is 0 Å². The summed E-state index contributed by atoms with van der Waals surface area (Å²) in [6.45, 7) is 0.528. The molecule has 0 radical (unpaired) electrons. The molecule has 1 unspecified atom stereocenters. The Labute approximate surface area is 112 Å². The summed E-state index contributed by atoms with van der Waals surface area (Å²) in [4.78, 5) is 0. The molecule has 120 valence electrons. The van der Waals surface area contributed by atoms with E-state index < -0.39 is 46.9 Å². The molecule has 0 spiro atoms. The molecule has 0 aliphatic rings. The van der Waals surface area contributed by atoms with Crippen molar-refractivity contribution in [1.82, 2.24) is 0 Å². The molecule has 0 heterocycles. The predicted molar refractivity (Wildman–Crippen MR) is 52.1 cm³/mol. The fourth-order valence-corrected chi connectivity index (χ4v) is 1.84. The quantitative estimate of drug-likeness (QED) is 0.735. The fraction of sp³-hybridized carbons (Fsp3) is 0.455. The lowest BCUT2D eigenvalue weighted by Crippen LogP contribution is -2.23. The molecule has 0 amide bonds. The average molecular weight is 326 g/mol. The average Bonchev–Trinajstić information content (AvgIpc) is 2.23. The number of benzene rings is 1. The van der Waals surface area contributed by atoms with E-state index in [4.69, 9.17) is 5.11 Å². The Morgan fingerprint density at radius 2 is 1.14 bits per heavy atom. The van der Waals surface area contributed by atoms with Gasteiger partial charge in [-0.1, -0.05) is 0 Å². The number of aliphatic hydroxyl groups is 1. The van der Waals surface area contributed by atoms with Gasteiger partial charge < -0.3 is 5.11 Å². The Kier molecular flexibility index (Phi) is 4.25. The van der Waals surface area contributed by atoms with Gasteiger partial charge in [-0.05, 0) is 19.1 Å². The number of halogens is 9. The van der Waals surface area contributed by atoms with E-state index in [1.165, 1.54) is 0 Å². The number of hydrogen-bond acceptors (Lipinski definition) is 1. The molecule has 0 aliphatic carbocycles. The SMILES string of the molecule is CC(O)c1c(C(F)(F)F)ccc(C(F)(F)F)c1C(F)(F)F. The van der Waals surface area contributed by atoms with Gasteiger partial charge in [-0.2, -0.15) is 39.5 Å². The molecule has 1 aromatic rings. The van der Waals surface area contributed by atoms with Gasteiger partial charge in [0.05, 0.1) is 22.8 Å². The van der Waals surface area contributed by atoms with Crippen LogP contribution in [0.15, 0.2) is 12.1 Å². The van der Waals surface area contributed by atoms with E-state index in [0.29, 0.717) is 6.92 Å². The van der Waals surface area contributed by atoms with Gasteiger partial charge in [-0.15, -0.1) is 0 Å². The van der Waals surface area contributed by atoms with Gasteiger partial charge in [0.15, 0.2) is 0 Å². The van der Waals surface area contributed by atoms with Gasteiger partial charge in [0.1, 0.15) is 0 Å². The lowest BCUT2D eigenvalue weighted by atomic mass is 9.91. The largest absolute Gasteiger partial charge is 0.417 e. The number of hydrogen-bond donors (Lipinski definition) is 1.